The Balaban J connectivity index is 1.63. The molecule has 0 radical (unpaired) electrons. The molecule has 28 heavy (non-hydrogen) atoms. The molecule has 2 aliphatic carbocycles. The van der Waals surface area contributed by atoms with Crippen molar-refractivity contribution in [1.82, 2.24) is 14.9 Å². The van der Waals surface area contributed by atoms with Crippen molar-refractivity contribution in [3.8, 4) is 0 Å². The van der Waals surface area contributed by atoms with E-state index in [1.54, 1.807) is 11.3 Å². The maximum absolute atomic E-state index is 13.7. The Morgan fingerprint density at radius 2 is 1.79 bits per heavy atom. The lowest BCUT2D eigenvalue weighted by atomic mass is 9.97. The predicted molar refractivity (Wildman–Crippen MR) is 115 cm³/mol. The van der Waals surface area contributed by atoms with E-state index in [0.29, 0.717) is 0 Å². The maximum Gasteiger partial charge on any atom is 0.263 e. The number of hydrogen-bond donors (Lipinski definition) is 1. The summed E-state index contributed by atoms with van der Waals surface area (Å²) in [4.78, 5) is 33.5. The summed E-state index contributed by atoms with van der Waals surface area (Å²) in [6, 6.07) is 0.236. The lowest BCUT2D eigenvalue weighted by molar-refractivity contribution is -0.120. The minimum atomic E-state index is -0.144. The second-order valence-corrected chi connectivity index (χ2v) is 10.5. The summed E-state index contributed by atoms with van der Waals surface area (Å²) in [5.74, 6) is 0.0975. The molecule has 0 aromatic carbocycles. The minimum absolute atomic E-state index is 0.0975. The number of nitrogens with zero attached hydrogens (tertiary/aromatic N) is 2. The van der Waals surface area contributed by atoms with Crippen LogP contribution in [-0.4, -0.2) is 27.3 Å². The van der Waals surface area contributed by atoms with Crippen LogP contribution in [0.2, 0.25) is 0 Å². The zero-order valence-corrected chi connectivity index (χ0v) is 17.8. The smallest absolute Gasteiger partial charge is 0.263 e. The van der Waals surface area contributed by atoms with E-state index in [1.807, 2.05) is 4.57 Å². The van der Waals surface area contributed by atoms with Crippen LogP contribution < -0.4 is 10.9 Å². The summed E-state index contributed by atoms with van der Waals surface area (Å²) in [6.07, 6.45) is 11.8. The van der Waals surface area contributed by atoms with Gasteiger partial charge in [-0.3, -0.25) is 14.2 Å². The topological polar surface area (TPSA) is 64.0 Å². The van der Waals surface area contributed by atoms with Gasteiger partial charge in [0.25, 0.3) is 5.56 Å². The normalized spacial score (nSPS) is 23.6. The molecule has 1 saturated heterocycles. The van der Waals surface area contributed by atoms with Crippen LogP contribution in [0, 0.1) is 0 Å². The monoisotopic (exact) mass is 417 g/mol. The Hall–Kier alpha value is -1.34. The third kappa shape index (κ3) is 3.30. The number of amides is 1. The van der Waals surface area contributed by atoms with E-state index >= 15 is 0 Å². The van der Waals surface area contributed by atoms with E-state index < -0.39 is 0 Å². The Morgan fingerprint density at radius 3 is 2.64 bits per heavy atom. The highest BCUT2D eigenvalue weighted by molar-refractivity contribution is 8.00. The first kappa shape index (κ1) is 18.7. The van der Waals surface area contributed by atoms with Crippen molar-refractivity contribution >= 4 is 39.2 Å². The largest absolute Gasteiger partial charge is 0.355 e. The molecule has 150 valence electrons. The average molecular weight is 418 g/mol. The Kier molecular flexibility index (Phi) is 5.22. The lowest BCUT2D eigenvalue weighted by Crippen LogP contribution is -2.32. The molecular weight excluding hydrogens is 390 g/mol. The number of hydrogen-bond acceptors (Lipinski definition) is 5. The molecule has 2 fully saturated rings. The number of nitrogens with one attached hydrogen (secondary N) is 1. The average Bonchev–Trinajstić information content (AvgIpc) is 3.29. The highest BCUT2D eigenvalue weighted by Gasteiger charge is 2.30. The molecule has 2 aromatic heterocycles. The van der Waals surface area contributed by atoms with Crippen LogP contribution in [0.25, 0.3) is 10.2 Å². The van der Waals surface area contributed by atoms with Gasteiger partial charge in [-0.05, 0) is 56.9 Å². The van der Waals surface area contributed by atoms with Crippen molar-refractivity contribution in [3.05, 3.63) is 20.8 Å². The molecule has 5 nitrogen and oxygen atoms in total. The molecule has 3 aliphatic rings. The summed E-state index contributed by atoms with van der Waals surface area (Å²) in [5, 5.41) is 4.52. The molecule has 1 N–H and O–H groups in total. The number of thioether (sulfide) groups is 1. The van der Waals surface area contributed by atoms with Gasteiger partial charge in [-0.2, -0.15) is 0 Å². The molecule has 5 rings (SSSR count). The van der Waals surface area contributed by atoms with Gasteiger partial charge in [0.1, 0.15) is 4.83 Å². The molecule has 1 amide bonds. The lowest BCUT2D eigenvalue weighted by Gasteiger charge is -2.20. The Bertz CT molecular complexity index is 959. The second-order valence-electron chi connectivity index (χ2n) is 8.29. The van der Waals surface area contributed by atoms with Gasteiger partial charge in [0.2, 0.25) is 5.91 Å². The van der Waals surface area contributed by atoms with Crippen LogP contribution in [0.15, 0.2) is 9.95 Å². The van der Waals surface area contributed by atoms with Crippen molar-refractivity contribution in [2.75, 3.05) is 6.54 Å². The predicted octanol–water partition coefficient (Wildman–Crippen LogP) is 4.21. The van der Waals surface area contributed by atoms with Crippen molar-refractivity contribution in [1.29, 1.82) is 0 Å². The summed E-state index contributed by atoms with van der Waals surface area (Å²) in [5.41, 5.74) is 1.41. The molecule has 2 aromatic rings. The number of aromatic nitrogens is 2. The number of carbonyl (C=O) groups is 1. The van der Waals surface area contributed by atoms with Gasteiger partial charge >= 0.3 is 0 Å². The second kappa shape index (κ2) is 7.82. The van der Waals surface area contributed by atoms with Crippen molar-refractivity contribution in [2.45, 2.75) is 87.1 Å². The number of rotatable bonds is 3. The fourth-order valence-electron chi connectivity index (χ4n) is 4.92. The number of carbonyl (C=O) groups excluding carboxylic acids is 1. The molecule has 3 heterocycles. The van der Waals surface area contributed by atoms with E-state index in [4.69, 9.17) is 4.98 Å². The minimum Gasteiger partial charge on any atom is -0.355 e. The first-order valence-electron chi connectivity index (χ1n) is 10.7. The van der Waals surface area contributed by atoms with Crippen LogP contribution in [0.5, 0.6) is 0 Å². The van der Waals surface area contributed by atoms with Crippen LogP contribution >= 0.6 is 23.1 Å². The summed E-state index contributed by atoms with van der Waals surface area (Å²) in [6.45, 7) is 0.759. The van der Waals surface area contributed by atoms with Crippen molar-refractivity contribution < 1.29 is 4.79 Å². The van der Waals surface area contributed by atoms with Crippen molar-refractivity contribution in [2.24, 2.45) is 0 Å². The first-order valence-corrected chi connectivity index (χ1v) is 12.4. The van der Waals surface area contributed by atoms with Crippen molar-refractivity contribution in [3.63, 3.8) is 0 Å². The van der Waals surface area contributed by atoms with Gasteiger partial charge in [-0.1, -0.05) is 31.0 Å². The Morgan fingerprint density at radius 1 is 1.00 bits per heavy atom. The van der Waals surface area contributed by atoms with Gasteiger partial charge < -0.3 is 5.32 Å². The van der Waals surface area contributed by atoms with Gasteiger partial charge in [0.15, 0.2) is 5.16 Å². The molecule has 1 saturated carbocycles. The van der Waals surface area contributed by atoms with Crippen LogP contribution in [0.4, 0.5) is 0 Å². The van der Waals surface area contributed by atoms with E-state index in [9.17, 15) is 9.59 Å². The molecule has 0 unspecified atom stereocenters. The van der Waals surface area contributed by atoms with Crippen LogP contribution in [0.3, 0.4) is 0 Å². The van der Waals surface area contributed by atoms with Crippen LogP contribution in [0.1, 0.15) is 74.3 Å². The molecule has 1 aliphatic heterocycles. The molecule has 0 bridgehead atoms. The van der Waals surface area contributed by atoms with Gasteiger partial charge in [-0.15, -0.1) is 11.3 Å². The van der Waals surface area contributed by atoms with E-state index in [1.165, 1.54) is 47.9 Å². The summed E-state index contributed by atoms with van der Waals surface area (Å²) in [7, 11) is 0. The van der Waals surface area contributed by atoms with E-state index in [-0.39, 0.29) is 22.8 Å². The van der Waals surface area contributed by atoms with Gasteiger partial charge in [0.05, 0.1) is 10.6 Å². The number of thiophene rings is 1. The quantitative estimate of drug-likeness (QED) is 0.760. The third-order valence-electron chi connectivity index (χ3n) is 6.41. The third-order valence-corrected chi connectivity index (χ3v) is 8.83. The van der Waals surface area contributed by atoms with E-state index in [2.05, 4.69) is 5.32 Å². The number of aryl methyl sites for hydroxylation is 2. The highest BCUT2D eigenvalue weighted by Crippen LogP contribution is 2.38. The highest BCUT2D eigenvalue weighted by atomic mass is 32.2. The van der Waals surface area contributed by atoms with Crippen LogP contribution in [-0.2, 0) is 17.6 Å². The standard InChI is InChI=1S/C21H27N3O2S2/c25-18-16(11-5-6-12-22-18)28-21-23-19-17(14-9-3-4-10-15(14)27-19)20(26)24(21)13-7-1-2-8-13/h13,16H,1-12H2,(H,22,25)/t16-/m0/s1. The fourth-order valence-corrected chi connectivity index (χ4v) is 7.45. The fraction of sp³-hybridized carbons (Fsp3) is 0.667. The summed E-state index contributed by atoms with van der Waals surface area (Å²) < 4.78 is 1.97. The molecule has 7 heteroatoms. The molecule has 1 atom stereocenters. The number of fused-ring (bicyclic) bond motifs is 3. The SMILES string of the molecule is O=C1NCCCC[C@@H]1Sc1nc2sc3c(c2c(=O)n1C1CCCC1)CCCC3. The van der Waals surface area contributed by atoms with E-state index in [0.717, 1.165) is 66.9 Å². The maximum atomic E-state index is 13.7. The zero-order valence-electron chi connectivity index (χ0n) is 16.2. The van der Waals surface area contributed by atoms with Gasteiger partial charge in [-0.25, -0.2) is 4.98 Å². The first-order chi connectivity index (χ1) is 13.7. The molecular formula is C21H27N3O2S2. The van der Waals surface area contributed by atoms with Gasteiger partial charge in [0, 0.05) is 17.5 Å². The molecule has 0 spiro atoms. The Labute approximate surface area is 173 Å². The zero-order chi connectivity index (χ0) is 19.1. The summed E-state index contributed by atoms with van der Waals surface area (Å²) >= 11 is 3.23.